The van der Waals surface area contributed by atoms with Crippen molar-refractivity contribution in [2.75, 3.05) is 0 Å². The third-order valence-electron chi connectivity index (χ3n) is 2.88. The molecule has 4 heteroatoms. The fourth-order valence-corrected chi connectivity index (χ4v) is 2.09. The molecule has 0 spiro atoms. The summed E-state index contributed by atoms with van der Waals surface area (Å²) in [6.07, 6.45) is 1.98. The third kappa shape index (κ3) is 2.64. The van der Waals surface area contributed by atoms with E-state index >= 15 is 0 Å². The van der Waals surface area contributed by atoms with Crippen molar-refractivity contribution >= 4 is 15.9 Å². The Morgan fingerprint density at radius 3 is 2.44 bits per heavy atom. The highest BCUT2D eigenvalue weighted by molar-refractivity contribution is 9.09. The van der Waals surface area contributed by atoms with Gasteiger partial charge in [-0.2, -0.15) is 0 Å². The van der Waals surface area contributed by atoms with Crippen LogP contribution >= 0.6 is 15.9 Å². The summed E-state index contributed by atoms with van der Waals surface area (Å²) in [5.41, 5.74) is 3.39. The zero-order valence-corrected chi connectivity index (χ0v) is 12.8. The van der Waals surface area contributed by atoms with Crippen LogP contribution in [0.1, 0.15) is 43.8 Å². The van der Waals surface area contributed by atoms with Gasteiger partial charge in [-0.25, -0.2) is 4.68 Å². The first-order chi connectivity index (χ1) is 8.39. The van der Waals surface area contributed by atoms with E-state index < -0.39 is 0 Å². The summed E-state index contributed by atoms with van der Waals surface area (Å²) >= 11 is 3.51. The van der Waals surface area contributed by atoms with E-state index in [-0.39, 0.29) is 10.2 Å². The summed E-state index contributed by atoms with van der Waals surface area (Å²) in [7, 11) is 0. The lowest BCUT2D eigenvalue weighted by Crippen LogP contribution is -2.15. The number of aromatic nitrogens is 3. The van der Waals surface area contributed by atoms with Crippen molar-refractivity contribution in [3.63, 3.8) is 0 Å². The lowest BCUT2D eigenvalue weighted by Gasteiger charge is -2.22. The molecule has 96 valence electrons. The van der Waals surface area contributed by atoms with Gasteiger partial charge in [0.1, 0.15) is 0 Å². The Balaban J connectivity index is 2.50. The Morgan fingerprint density at radius 1 is 1.22 bits per heavy atom. The summed E-state index contributed by atoms with van der Waals surface area (Å²) in [5.74, 6) is 0. The SMILES string of the molecule is CC(Br)c1cn(-c2ccccc2C(C)(C)C)nn1. The van der Waals surface area contributed by atoms with Crippen LogP contribution < -0.4 is 0 Å². The van der Waals surface area contributed by atoms with Crippen molar-refractivity contribution in [2.24, 2.45) is 0 Å². The van der Waals surface area contributed by atoms with E-state index in [4.69, 9.17) is 0 Å². The molecule has 1 aromatic carbocycles. The number of halogens is 1. The number of hydrogen-bond acceptors (Lipinski definition) is 2. The second-order valence-electron chi connectivity index (χ2n) is 5.47. The molecule has 0 radical (unpaired) electrons. The summed E-state index contributed by atoms with van der Waals surface area (Å²) < 4.78 is 1.85. The van der Waals surface area contributed by atoms with Crippen molar-refractivity contribution < 1.29 is 0 Å². The standard InChI is InChI=1S/C14H18BrN3/c1-10(15)12-9-18(17-16-12)13-8-6-5-7-11(13)14(2,3)4/h5-10H,1-4H3. The number of alkyl halides is 1. The Hall–Kier alpha value is -1.16. The molecule has 2 rings (SSSR count). The first kappa shape index (κ1) is 13.3. The molecule has 3 nitrogen and oxygen atoms in total. The topological polar surface area (TPSA) is 30.7 Å². The van der Waals surface area contributed by atoms with Gasteiger partial charge in [0, 0.05) is 0 Å². The Bertz CT molecular complexity index is 538. The van der Waals surface area contributed by atoms with Crippen LogP contribution in [0.3, 0.4) is 0 Å². The van der Waals surface area contributed by atoms with Crippen molar-refractivity contribution in [1.82, 2.24) is 15.0 Å². The molecule has 0 aliphatic rings. The number of benzene rings is 1. The first-order valence-electron chi connectivity index (χ1n) is 6.06. The fraction of sp³-hybridized carbons (Fsp3) is 0.429. The lowest BCUT2D eigenvalue weighted by atomic mass is 9.86. The number of rotatable bonds is 2. The van der Waals surface area contributed by atoms with E-state index in [1.807, 2.05) is 23.9 Å². The van der Waals surface area contributed by atoms with Gasteiger partial charge in [-0.3, -0.25) is 0 Å². The van der Waals surface area contributed by atoms with Crippen LogP contribution in [0.15, 0.2) is 30.5 Å². The second kappa shape index (κ2) is 4.84. The maximum atomic E-state index is 4.22. The molecule has 18 heavy (non-hydrogen) atoms. The molecular formula is C14H18BrN3. The second-order valence-corrected chi connectivity index (χ2v) is 6.84. The van der Waals surface area contributed by atoms with Crippen molar-refractivity contribution in [2.45, 2.75) is 37.9 Å². The molecule has 0 saturated carbocycles. The summed E-state index contributed by atoms with van der Waals surface area (Å²) in [6, 6.07) is 8.32. The molecule has 1 unspecified atom stereocenters. The van der Waals surface area contributed by atoms with E-state index in [9.17, 15) is 0 Å². The van der Waals surface area contributed by atoms with Gasteiger partial charge < -0.3 is 0 Å². The quantitative estimate of drug-likeness (QED) is 0.785. The first-order valence-corrected chi connectivity index (χ1v) is 6.97. The Labute approximate surface area is 116 Å². The number of nitrogens with zero attached hydrogens (tertiary/aromatic N) is 3. The van der Waals surface area contributed by atoms with Crippen molar-refractivity contribution in [3.8, 4) is 5.69 Å². The predicted octanol–water partition coefficient (Wildman–Crippen LogP) is 4.02. The average Bonchev–Trinajstić information content (AvgIpc) is 2.77. The highest BCUT2D eigenvalue weighted by atomic mass is 79.9. The zero-order chi connectivity index (χ0) is 13.3. The van der Waals surface area contributed by atoms with Crippen LogP contribution in [0.4, 0.5) is 0 Å². The number of hydrogen-bond donors (Lipinski definition) is 0. The van der Waals surface area contributed by atoms with Crippen LogP contribution in [-0.2, 0) is 5.41 Å². The van der Waals surface area contributed by atoms with Crippen molar-refractivity contribution in [1.29, 1.82) is 0 Å². The number of para-hydroxylation sites is 1. The van der Waals surface area contributed by atoms with E-state index in [0.717, 1.165) is 11.4 Å². The normalized spacial score (nSPS) is 13.6. The minimum Gasteiger partial charge on any atom is -0.220 e. The maximum Gasteiger partial charge on any atom is 0.0965 e. The summed E-state index contributed by atoms with van der Waals surface area (Å²) in [4.78, 5) is 0.216. The molecule has 0 saturated heterocycles. The molecule has 1 atom stereocenters. The molecule has 1 heterocycles. The molecule has 0 amide bonds. The fourth-order valence-electron chi connectivity index (χ4n) is 1.88. The minimum absolute atomic E-state index is 0.0860. The minimum atomic E-state index is 0.0860. The summed E-state index contributed by atoms with van der Waals surface area (Å²) in [6.45, 7) is 8.66. The summed E-state index contributed by atoms with van der Waals surface area (Å²) in [5, 5.41) is 8.40. The average molecular weight is 308 g/mol. The Morgan fingerprint density at radius 2 is 1.89 bits per heavy atom. The van der Waals surface area contributed by atoms with Gasteiger partial charge in [-0.15, -0.1) is 5.10 Å². The smallest absolute Gasteiger partial charge is 0.0965 e. The maximum absolute atomic E-state index is 4.22. The van der Waals surface area contributed by atoms with Crippen LogP contribution in [-0.4, -0.2) is 15.0 Å². The van der Waals surface area contributed by atoms with Gasteiger partial charge in [-0.1, -0.05) is 60.1 Å². The monoisotopic (exact) mass is 307 g/mol. The van der Waals surface area contributed by atoms with Gasteiger partial charge in [0.15, 0.2) is 0 Å². The molecule has 0 fully saturated rings. The molecular weight excluding hydrogens is 290 g/mol. The van der Waals surface area contributed by atoms with Gasteiger partial charge in [0.05, 0.1) is 22.4 Å². The van der Waals surface area contributed by atoms with Crippen molar-refractivity contribution in [3.05, 3.63) is 41.7 Å². The highest BCUT2D eigenvalue weighted by Gasteiger charge is 2.19. The van der Waals surface area contributed by atoms with Crippen LogP contribution in [0.2, 0.25) is 0 Å². The highest BCUT2D eigenvalue weighted by Crippen LogP contribution is 2.28. The molecule has 2 aromatic rings. The molecule has 0 bridgehead atoms. The van der Waals surface area contributed by atoms with Crippen LogP contribution in [0.25, 0.3) is 5.69 Å². The van der Waals surface area contributed by atoms with E-state index in [1.54, 1.807) is 0 Å². The lowest BCUT2D eigenvalue weighted by molar-refractivity contribution is 0.582. The Kier molecular flexibility index (Phi) is 3.57. The molecule has 0 aliphatic carbocycles. The van der Waals surface area contributed by atoms with Gasteiger partial charge in [-0.05, 0) is 24.0 Å². The van der Waals surface area contributed by atoms with E-state index in [2.05, 4.69) is 65.2 Å². The van der Waals surface area contributed by atoms with Gasteiger partial charge in [0.25, 0.3) is 0 Å². The van der Waals surface area contributed by atoms with Gasteiger partial charge in [0.2, 0.25) is 0 Å². The van der Waals surface area contributed by atoms with Crippen LogP contribution in [0.5, 0.6) is 0 Å². The van der Waals surface area contributed by atoms with E-state index in [1.165, 1.54) is 5.56 Å². The van der Waals surface area contributed by atoms with Crippen LogP contribution in [0, 0.1) is 0 Å². The zero-order valence-electron chi connectivity index (χ0n) is 11.2. The molecule has 0 N–H and O–H groups in total. The third-order valence-corrected chi connectivity index (χ3v) is 3.35. The predicted molar refractivity (Wildman–Crippen MR) is 77.4 cm³/mol. The molecule has 1 aromatic heterocycles. The van der Waals surface area contributed by atoms with E-state index in [0.29, 0.717) is 0 Å². The van der Waals surface area contributed by atoms with Gasteiger partial charge >= 0.3 is 0 Å². The molecule has 0 aliphatic heterocycles. The largest absolute Gasteiger partial charge is 0.220 e.